The van der Waals surface area contributed by atoms with Gasteiger partial charge in [-0.05, 0) is 106 Å². The molecule has 3 saturated heterocycles. The van der Waals surface area contributed by atoms with Gasteiger partial charge in [0.15, 0.2) is 18.7 Å². The molecule has 4 aliphatic rings. The zero-order valence-electron chi connectivity index (χ0n) is 45.0. The van der Waals surface area contributed by atoms with Crippen LogP contribution in [0.4, 0.5) is 0 Å². The SMILES string of the molecule is CC[C@@H]1OC(=O)[C@H](C)[C@@H](OC2C[C@@](C)(OC)[C@@H](OC(=O)CC3CCCCC3)[C@H](C)O2)[C@H](C)[C@@H](O[C@@H]2O[C@H](C)C[C@H](N(C)C)[C@H]2O)C(C)(O)C[C@@H](C)/C(=N\OCCCOc2ccccc2)[C@@H](C)[C@@H](O)[C@]1(C)O. The van der Waals surface area contributed by atoms with E-state index in [0.717, 1.165) is 31.4 Å². The maximum Gasteiger partial charge on any atom is 0.311 e. The van der Waals surface area contributed by atoms with Crippen LogP contribution in [-0.2, 0) is 47.6 Å². The predicted molar refractivity (Wildman–Crippen MR) is 266 cm³/mol. The lowest BCUT2D eigenvalue weighted by Gasteiger charge is -2.49. The van der Waals surface area contributed by atoms with Crippen LogP contribution in [0.5, 0.6) is 5.75 Å². The largest absolute Gasteiger partial charge is 0.493 e. The van der Waals surface area contributed by atoms with Gasteiger partial charge in [0.2, 0.25) is 0 Å². The molecule has 0 spiro atoms. The Balaban J connectivity index is 1.52. The highest BCUT2D eigenvalue weighted by atomic mass is 16.7. The number of carbonyl (C=O) groups is 2. The molecule has 1 aromatic carbocycles. The summed E-state index contributed by atoms with van der Waals surface area (Å²) < 4.78 is 51.0. The number of methoxy groups -OCH3 is 1. The molecule has 2 unspecified atom stereocenters. The van der Waals surface area contributed by atoms with Crippen molar-refractivity contribution in [1.29, 1.82) is 0 Å². The van der Waals surface area contributed by atoms with Gasteiger partial charge < -0.3 is 68.1 Å². The summed E-state index contributed by atoms with van der Waals surface area (Å²) in [6.07, 6.45) is -3.24. The highest BCUT2D eigenvalue weighted by molar-refractivity contribution is 5.88. The van der Waals surface area contributed by atoms with E-state index in [0.29, 0.717) is 31.6 Å². The number of oxime groups is 1. The number of nitrogens with zero attached hydrogens (tertiary/aromatic N) is 2. The fraction of sp³-hybridized carbons (Fsp3) is 0.833. The number of aliphatic hydroxyl groups excluding tert-OH is 2. The van der Waals surface area contributed by atoms with E-state index in [1.165, 1.54) is 13.3 Å². The Labute approximate surface area is 423 Å². The number of aliphatic hydroxyl groups is 4. The van der Waals surface area contributed by atoms with Crippen LogP contribution >= 0.6 is 0 Å². The molecule has 71 heavy (non-hydrogen) atoms. The lowest BCUT2D eigenvalue weighted by atomic mass is 9.73. The molecule has 0 radical (unpaired) electrons. The Morgan fingerprint density at radius 1 is 0.887 bits per heavy atom. The standard InChI is InChI=1S/C54H90N2O15/c1-14-41-54(10,62)47(59)34(4)44(55-65-27-21-26-64-39-24-19-16-20-25-39)32(2)30-52(8,61)48(71-51-45(58)40(56(11)12)28-33(3)66-51)35(5)46(36(6)50(60)68-41)70-43-31-53(9,63-13)49(37(7)67-43)69-42(57)29-38-22-17-15-18-23-38/h16,19-20,24-25,32-38,40-41,43,45-49,51,58-59,61-62H,14-15,17-18,21-23,26-31H2,1-13H3/b55-44+/t32-,33-,34-,35+,36-,37+,40+,41+,43?,45-,46+,47-,48-,49+,51+,52?,53-,54-/m1/s1. The minimum absolute atomic E-state index is 0.0225. The van der Waals surface area contributed by atoms with Crippen LogP contribution in [0.25, 0.3) is 0 Å². The molecule has 3 heterocycles. The molecule has 17 heteroatoms. The van der Waals surface area contributed by atoms with Crippen molar-refractivity contribution in [2.24, 2.45) is 34.7 Å². The number of cyclic esters (lactones) is 1. The molecular formula is C54H90N2O15. The van der Waals surface area contributed by atoms with Crippen LogP contribution in [0.1, 0.15) is 140 Å². The summed E-state index contributed by atoms with van der Waals surface area (Å²) in [5.41, 5.74) is -4.48. The first kappa shape index (κ1) is 58.9. The van der Waals surface area contributed by atoms with E-state index in [9.17, 15) is 30.0 Å². The van der Waals surface area contributed by atoms with E-state index >= 15 is 0 Å². The van der Waals surface area contributed by atoms with Crippen LogP contribution in [0.2, 0.25) is 0 Å². The molecule has 17 nitrogen and oxygen atoms in total. The number of hydrogen-bond acceptors (Lipinski definition) is 17. The van der Waals surface area contributed by atoms with Gasteiger partial charge >= 0.3 is 11.9 Å². The molecule has 0 bridgehead atoms. The topological polar surface area (TPSA) is 214 Å². The molecular weight excluding hydrogens is 917 g/mol. The number of esters is 2. The summed E-state index contributed by atoms with van der Waals surface area (Å²) in [4.78, 5) is 35.9. The van der Waals surface area contributed by atoms with Crippen molar-refractivity contribution in [2.75, 3.05) is 34.4 Å². The monoisotopic (exact) mass is 1010 g/mol. The Hall–Kier alpha value is -2.97. The van der Waals surface area contributed by atoms with Crippen LogP contribution < -0.4 is 4.74 Å². The average Bonchev–Trinajstić information content (AvgIpc) is 3.32. The fourth-order valence-corrected chi connectivity index (χ4v) is 11.6. The molecule has 4 N–H and O–H groups in total. The first-order valence-electron chi connectivity index (χ1n) is 26.4. The van der Waals surface area contributed by atoms with Crippen LogP contribution in [0.15, 0.2) is 35.5 Å². The Morgan fingerprint density at radius 2 is 1.56 bits per heavy atom. The molecule has 406 valence electrons. The van der Waals surface area contributed by atoms with E-state index in [2.05, 4.69) is 5.16 Å². The van der Waals surface area contributed by atoms with Gasteiger partial charge in [-0.25, -0.2) is 0 Å². The van der Waals surface area contributed by atoms with Crippen molar-refractivity contribution < 1.29 is 72.7 Å². The number of para-hydroxylation sites is 1. The van der Waals surface area contributed by atoms with E-state index in [1.807, 2.05) is 70.1 Å². The number of hydrogen-bond donors (Lipinski definition) is 4. The predicted octanol–water partition coefficient (Wildman–Crippen LogP) is 6.58. The van der Waals surface area contributed by atoms with Gasteiger partial charge in [0.05, 0.1) is 54.4 Å². The molecule has 1 saturated carbocycles. The van der Waals surface area contributed by atoms with Crippen molar-refractivity contribution in [3.63, 3.8) is 0 Å². The van der Waals surface area contributed by atoms with E-state index < -0.39 is 102 Å². The second kappa shape index (κ2) is 26.0. The molecule has 0 aromatic heterocycles. The highest BCUT2D eigenvalue weighted by Gasteiger charge is 2.54. The Kier molecular flexibility index (Phi) is 21.6. The number of ether oxygens (including phenoxy) is 8. The summed E-state index contributed by atoms with van der Waals surface area (Å²) in [7, 11) is 5.30. The van der Waals surface area contributed by atoms with E-state index in [-0.39, 0.29) is 49.9 Å². The first-order chi connectivity index (χ1) is 33.4. The summed E-state index contributed by atoms with van der Waals surface area (Å²) in [6, 6.07) is 9.07. The Morgan fingerprint density at radius 3 is 2.20 bits per heavy atom. The molecule has 1 aliphatic carbocycles. The molecule has 4 fully saturated rings. The van der Waals surface area contributed by atoms with Crippen LogP contribution in [0, 0.1) is 29.6 Å². The van der Waals surface area contributed by atoms with E-state index in [1.54, 1.807) is 48.7 Å². The van der Waals surface area contributed by atoms with Gasteiger partial charge in [0.25, 0.3) is 0 Å². The summed E-state index contributed by atoms with van der Waals surface area (Å²) in [5.74, 6) is -3.47. The molecule has 0 amide bonds. The van der Waals surface area contributed by atoms with Crippen molar-refractivity contribution in [2.45, 2.75) is 224 Å². The Bertz CT molecular complexity index is 1830. The third-order valence-corrected chi connectivity index (χ3v) is 15.8. The second-order valence-electron chi connectivity index (χ2n) is 22.1. The first-order valence-corrected chi connectivity index (χ1v) is 26.4. The van der Waals surface area contributed by atoms with Crippen molar-refractivity contribution >= 4 is 17.7 Å². The molecule has 5 rings (SSSR count). The van der Waals surface area contributed by atoms with Gasteiger partial charge in [-0.1, -0.05) is 70.3 Å². The van der Waals surface area contributed by atoms with Gasteiger partial charge in [-0.15, -0.1) is 0 Å². The van der Waals surface area contributed by atoms with Crippen molar-refractivity contribution in [1.82, 2.24) is 4.90 Å². The minimum atomic E-state index is -1.98. The summed E-state index contributed by atoms with van der Waals surface area (Å²) >= 11 is 0. The van der Waals surface area contributed by atoms with Gasteiger partial charge in [-0.2, -0.15) is 0 Å². The van der Waals surface area contributed by atoms with Crippen LogP contribution in [0.3, 0.4) is 0 Å². The average molecular weight is 1010 g/mol. The number of carbonyl (C=O) groups excluding carboxylic acids is 2. The maximum absolute atomic E-state index is 14.7. The van der Waals surface area contributed by atoms with E-state index in [4.69, 9.17) is 42.7 Å². The van der Waals surface area contributed by atoms with Crippen LogP contribution in [-0.4, -0.2) is 162 Å². The zero-order valence-corrected chi connectivity index (χ0v) is 45.0. The zero-order chi connectivity index (χ0) is 52.4. The van der Waals surface area contributed by atoms with Gasteiger partial charge in [-0.3, -0.25) is 9.59 Å². The van der Waals surface area contributed by atoms with Crippen molar-refractivity contribution in [3.8, 4) is 5.75 Å². The van der Waals surface area contributed by atoms with Gasteiger partial charge in [0, 0.05) is 50.2 Å². The number of rotatable bonds is 16. The quantitative estimate of drug-likeness (QED) is 0.0782. The summed E-state index contributed by atoms with van der Waals surface area (Å²) in [5, 5.41) is 53.8. The lowest BCUT2D eigenvalue weighted by molar-refractivity contribution is -0.318. The number of likely N-dealkylation sites (N-methyl/N-ethyl adjacent to an activating group) is 1. The molecule has 3 aliphatic heterocycles. The normalized spacial score (nSPS) is 41.0. The number of benzene rings is 1. The smallest absolute Gasteiger partial charge is 0.311 e. The third kappa shape index (κ3) is 15.1. The molecule has 18 atom stereocenters. The highest BCUT2D eigenvalue weighted by Crippen LogP contribution is 2.42. The molecule has 1 aromatic rings. The fourth-order valence-electron chi connectivity index (χ4n) is 11.6. The van der Waals surface area contributed by atoms with Gasteiger partial charge in [0.1, 0.15) is 35.8 Å². The summed E-state index contributed by atoms with van der Waals surface area (Å²) in [6.45, 7) is 17.9. The minimum Gasteiger partial charge on any atom is -0.493 e. The third-order valence-electron chi connectivity index (χ3n) is 15.8. The van der Waals surface area contributed by atoms with Crippen molar-refractivity contribution in [3.05, 3.63) is 30.3 Å². The lowest BCUT2D eigenvalue weighted by Crippen LogP contribution is -2.61. The second-order valence-corrected chi connectivity index (χ2v) is 22.1. The maximum atomic E-state index is 14.7.